The molecule has 0 radical (unpaired) electrons. The van der Waals surface area contributed by atoms with Crippen LogP contribution in [-0.2, 0) is 4.79 Å². The second kappa shape index (κ2) is 6.28. The van der Waals surface area contributed by atoms with E-state index < -0.39 is 11.5 Å². The number of thiazole rings is 1. The Morgan fingerprint density at radius 1 is 1.35 bits per heavy atom. The predicted octanol–water partition coefficient (Wildman–Crippen LogP) is 2.93. The monoisotopic (exact) mass is 371 g/mol. The van der Waals surface area contributed by atoms with Crippen molar-refractivity contribution in [3.05, 3.63) is 33.6 Å². The Balaban J connectivity index is 1.78. The lowest BCUT2D eigenvalue weighted by molar-refractivity contribution is -0.138. The Kier molecular flexibility index (Phi) is 4.51. The summed E-state index contributed by atoms with van der Waals surface area (Å²) in [7, 11) is 0. The van der Waals surface area contributed by atoms with Gasteiger partial charge in [0.1, 0.15) is 5.60 Å². The summed E-state index contributed by atoms with van der Waals surface area (Å²) >= 11 is 13.8. The number of aromatic nitrogens is 1. The van der Waals surface area contributed by atoms with Gasteiger partial charge >= 0.3 is 0 Å². The molecule has 1 saturated heterocycles. The zero-order valence-electron chi connectivity index (χ0n) is 12.1. The molecule has 2 aromatic rings. The van der Waals surface area contributed by atoms with Gasteiger partial charge in [-0.1, -0.05) is 35.3 Å². The number of nitrogens with two attached hydrogens (primary N) is 1. The summed E-state index contributed by atoms with van der Waals surface area (Å²) in [5.41, 5.74) is 5.38. The normalized spacial score (nSPS) is 17.3. The molecule has 1 aromatic carbocycles. The number of anilines is 1. The smallest absolute Gasteiger partial charge is 0.249 e. The summed E-state index contributed by atoms with van der Waals surface area (Å²) < 4.78 is 0. The first-order chi connectivity index (χ1) is 10.9. The largest absolute Gasteiger partial charge is 0.380 e. The molecule has 2 heterocycles. The van der Waals surface area contributed by atoms with Gasteiger partial charge in [0.25, 0.3) is 0 Å². The van der Waals surface area contributed by atoms with E-state index in [1.807, 2.05) is 22.4 Å². The molecule has 0 unspecified atom stereocenters. The van der Waals surface area contributed by atoms with Crippen molar-refractivity contribution in [1.82, 2.24) is 4.98 Å². The van der Waals surface area contributed by atoms with Gasteiger partial charge < -0.3 is 15.7 Å². The van der Waals surface area contributed by atoms with Gasteiger partial charge in [-0.2, -0.15) is 0 Å². The van der Waals surface area contributed by atoms with E-state index in [1.54, 1.807) is 6.07 Å². The molecule has 0 bridgehead atoms. The second-order valence-electron chi connectivity index (χ2n) is 5.50. The fourth-order valence-corrected chi connectivity index (χ4v) is 3.83. The van der Waals surface area contributed by atoms with Gasteiger partial charge in [0.2, 0.25) is 5.91 Å². The molecule has 0 saturated carbocycles. The van der Waals surface area contributed by atoms with Gasteiger partial charge in [0.05, 0.1) is 15.7 Å². The molecule has 5 nitrogen and oxygen atoms in total. The maximum absolute atomic E-state index is 11.3. The van der Waals surface area contributed by atoms with E-state index in [0.717, 1.165) is 16.4 Å². The first-order valence-corrected chi connectivity index (χ1v) is 8.71. The van der Waals surface area contributed by atoms with Crippen molar-refractivity contribution in [3.63, 3.8) is 0 Å². The number of halogens is 2. The molecule has 1 aliphatic heterocycles. The summed E-state index contributed by atoms with van der Waals surface area (Å²) in [5, 5.41) is 13.8. The highest BCUT2D eigenvalue weighted by Crippen LogP contribution is 2.36. The standard InChI is InChI=1S/C15H15Cl2N3O2S/c16-10-3-1-2-9(12(10)17)11-8-23-14(19-11)20-6-4-15(22,5-7-20)13(18)21/h1-3,8,22H,4-7H2,(H2,18,21). The summed E-state index contributed by atoms with van der Waals surface area (Å²) in [5.74, 6) is -0.664. The van der Waals surface area contributed by atoms with Crippen LogP contribution in [0.5, 0.6) is 0 Å². The van der Waals surface area contributed by atoms with Crippen molar-refractivity contribution in [1.29, 1.82) is 0 Å². The highest BCUT2D eigenvalue weighted by Gasteiger charge is 2.38. The van der Waals surface area contributed by atoms with Crippen LogP contribution < -0.4 is 10.6 Å². The Morgan fingerprint density at radius 3 is 2.70 bits per heavy atom. The number of rotatable bonds is 3. The minimum atomic E-state index is -1.41. The quantitative estimate of drug-likeness (QED) is 0.868. The number of aliphatic hydroxyl groups is 1. The van der Waals surface area contributed by atoms with E-state index in [-0.39, 0.29) is 0 Å². The first kappa shape index (κ1) is 16.5. The van der Waals surface area contributed by atoms with Crippen molar-refractivity contribution < 1.29 is 9.90 Å². The van der Waals surface area contributed by atoms with Crippen LogP contribution in [-0.4, -0.2) is 34.7 Å². The second-order valence-corrected chi connectivity index (χ2v) is 7.12. The summed E-state index contributed by atoms with van der Waals surface area (Å²) in [6.45, 7) is 1.05. The van der Waals surface area contributed by atoms with Crippen LogP contribution in [0.15, 0.2) is 23.6 Å². The average molecular weight is 372 g/mol. The van der Waals surface area contributed by atoms with E-state index in [9.17, 15) is 9.90 Å². The molecule has 1 aliphatic rings. The number of carbonyl (C=O) groups is 1. The Bertz CT molecular complexity index is 742. The number of amides is 1. The van der Waals surface area contributed by atoms with Crippen LogP contribution in [0.1, 0.15) is 12.8 Å². The Hall–Kier alpha value is -1.34. The molecule has 0 spiro atoms. The molecule has 8 heteroatoms. The zero-order chi connectivity index (χ0) is 16.6. The van der Waals surface area contributed by atoms with E-state index >= 15 is 0 Å². The lowest BCUT2D eigenvalue weighted by atomic mass is 9.91. The Labute approximate surface area is 147 Å². The van der Waals surface area contributed by atoms with Gasteiger partial charge in [-0.05, 0) is 6.07 Å². The van der Waals surface area contributed by atoms with Gasteiger partial charge in [0, 0.05) is 36.9 Å². The van der Waals surface area contributed by atoms with Crippen molar-refractivity contribution in [3.8, 4) is 11.3 Å². The highest BCUT2D eigenvalue weighted by atomic mass is 35.5. The summed E-state index contributed by atoms with van der Waals surface area (Å²) in [6.07, 6.45) is 0.602. The molecule has 0 aliphatic carbocycles. The first-order valence-electron chi connectivity index (χ1n) is 7.08. The molecule has 1 aromatic heterocycles. The molecule has 0 atom stereocenters. The van der Waals surface area contributed by atoms with Crippen LogP contribution in [0.4, 0.5) is 5.13 Å². The van der Waals surface area contributed by atoms with E-state index in [1.165, 1.54) is 11.3 Å². The number of benzene rings is 1. The third kappa shape index (κ3) is 3.17. The van der Waals surface area contributed by atoms with Crippen LogP contribution in [0, 0.1) is 0 Å². The van der Waals surface area contributed by atoms with Crippen molar-refractivity contribution in [2.75, 3.05) is 18.0 Å². The van der Waals surface area contributed by atoms with E-state index in [2.05, 4.69) is 4.98 Å². The van der Waals surface area contributed by atoms with Crippen LogP contribution in [0.25, 0.3) is 11.3 Å². The molecule has 122 valence electrons. The summed E-state index contributed by atoms with van der Waals surface area (Å²) in [6, 6.07) is 5.43. The van der Waals surface area contributed by atoms with Gasteiger partial charge in [-0.15, -0.1) is 11.3 Å². The number of nitrogens with zero attached hydrogens (tertiary/aromatic N) is 2. The molecule has 1 fully saturated rings. The molecule has 1 amide bonds. The Morgan fingerprint density at radius 2 is 2.04 bits per heavy atom. The minimum absolute atomic E-state index is 0.301. The van der Waals surface area contributed by atoms with Gasteiger partial charge in [0.15, 0.2) is 5.13 Å². The topological polar surface area (TPSA) is 79.5 Å². The van der Waals surface area contributed by atoms with Gasteiger partial charge in [-0.25, -0.2) is 4.98 Å². The maximum atomic E-state index is 11.3. The van der Waals surface area contributed by atoms with E-state index in [0.29, 0.717) is 36.0 Å². The molecule has 3 N–H and O–H groups in total. The van der Waals surface area contributed by atoms with E-state index in [4.69, 9.17) is 28.9 Å². The third-order valence-corrected chi connectivity index (χ3v) is 5.76. The van der Waals surface area contributed by atoms with Crippen molar-refractivity contribution in [2.24, 2.45) is 5.73 Å². The lowest BCUT2D eigenvalue weighted by Gasteiger charge is -2.35. The van der Waals surface area contributed by atoms with Crippen molar-refractivity contribution in [2.45, 2.75) is 18.4 Å². The highest BCUT2D eigenvalue weighted by molar-refractivity contribution is 7.14. The number of hydrogen-bond donors (Lipinski definition) is 2. The van der Waals surface area contributed by atoms with Crippen LogP contribution in [0.2, 0.25) is 10.0 Å². The molecular formula is C15H15Cl2N3O2S. The maximum Gasteiger partial charge on any atom is 0.249 e. The SMILES string of the molecule is NC(=O)C1(O)CCN(c2nc(-c3cccc(Cl)c3Cl)cs2)CC1. The predicted molar refractivity (Wildman–Crippen MR) is 93.2 cm³/mol. The third-order valence-electron chi connectivity index (χ3n) is 4.04. The van der Waals surface area contributed by atoms with Gasteiger partial charge in [-0.3, -0.25) is 4.79 Å². The number of primary amides is 1. The molecule has 3 rings (SSSR count). The summed E-state index contributed by atoms with van der Waals surface area (Å²) in [4.78, 5) is 17.9. The van der Waals surface area contributed by atoms with Crippen molar-refractivity contribution >= 4 is 45.6 Å². The number of hydrogen-bond acceptors (Lipinski definition) is 5. The fourth-order valence-electron chi connectivity index (χ4n) is 2.55. The lowest BCUT2D eigenvalue weighted by Crippen LogP contribution is -2.52. The molecular weight excluding hydrogens is 357 g/mol. The number of carbonyl (C=O) groups excluding carboxylic acids is 1. The van der Waals surface area contributed by atoms with Crippen LogP contribution in [0.3, 0.4) is 0 Å². The minimum Gasteiger partial charge on any atom is -0.380 e. The van der Waals surface area contributed by atoms with Crippen LogP contribution >= 0.6 is 34.5 Å². The zero-order valence-corrected chi connectivity index (χ0v) is 14.5. The molecule has 23 heavy (non-hydrogen) atoms. The number of piperidine rings is 1. The average Bonchev–Trinajstić information content (AvgIpc) is 3.00. The fraction of sp³-hybridized carbons (Fsp3) is 0.333.